The van der Waals surface area contributed by atoms with Gasteiger partial charge in [-0.05, 0) is 25.1 Å². The first-order valence-electron chi connectivity index (χ1n) is 6.23. The molecule has 7 heteroatoms. The number of sulfonamides is 1. The predicted octanol–water partition coefficient (Wildman–Crippen LogP) is 1.58. The molecule has 0 N–H and O–H groups in total. The maximum Gasteiger partial charge on any atom is 0.243 e. The zero-order valence-corrected chi connectivity index (χ0v) is 11.7. The standard InChI is InChI=1S/C13H14FN3O2S/c1-10-15-5-6-17(10)12-8-16(9-12)20(18,19)13-4-2-3-11(14)7-13/h2-7,12H,8-9H2,1H3. The Hall–Kier alpha value is -1.73. The zero-order valence-electron chi connectivity index (χ0n) is 10.9. The third-order valence-corrected chi connectivity index (χ3v) is 5.35. The van der Waals surface area contributed by atoms with Crippen LogP contribution in [0, 0.1) is 12.7 Å². The van der Waals surface area contributed by atoms with Crippen LogP contribution in [0.2, 0.25) is 0 Å². The molecule has 1 saturated heterocycles. The van der Waals surface area contributed by atoms with Crippen LogP contribution in [0.4, 0.5) is 4.39 Å². The third kappa shape index (κ3) is 2.12. The van der Waals surface area contributed by atoms with Crippen LogP contribution in [-0.4, -0.2) is 35.4 Å². The maximum absolute atomic E-state index is 13.1. The lowest BCUT2D eigenvalue weighted by Crippen LogP contribution is -2.50. The molecule has 20 heavy (non-hydrogen) atoms. The Kier molecular flexibility index (Phi) is 3.10. The van der Waals surface area contributed by atoms with Crippen molar-refractivity contribution in [2.24, 2.45) is 0 Å². The van der Waals surface area contributed by atoms with Gasteiger partial charge in [0.1, 0.15) is 11.6 Å². The molecule has 0 aliphatic carbocycles. The summed E-state index contributed by atoms with van der Waals surface area (Å²) in [6.45, 7) is 2.65. The minimum absolute atomic E-state index is 0.00157. The van der Waals surface area contributed by atoms with E-state index in [9.17, 15) is 12.8 Å². The molecular formula is C13H14FN3O2S. The number of imidazole rings is 1. The molecule has 0 unspecified atom stereocenters. The van der Waals surface area contributed by atoms with Gasteiger partial charge in [0.2, 0.25) is 10.0 Å². The molecule has 0 radical (unpaired) electrons. The smallest absolute Gasteiger partial charge is 0.243 e. The molecule has 2 heterocycles. The molecule has 1 fully saturated rings. The molecule has 2 aromatic rings. The highest BCUT2D eigenvalue weighted by molar-refractivity contribution is 7.89. The van der Waals surface area contributed by atoms with E-state index < -0.39 is 15.8 Å². The zero-order chi connectivity index (χ0) is 14.3. The van der Waals surface area contributed by atoms with Gasteiger partial charge < -0.3 is 4.57 Å². The van der Waals surface area contributed by atoms with Crippen molar-refractivity contribution in [2.45, 2.75) is 17.9 Å². The number of benzene rings is 1. The highest BCUT2D eigenvalue weighted by atomic mass is 32.2. The topological polar surface area (TPSA) is 55.2 Å². The second-order valence-corrected chi connectivity index (χ2v) is 6.75. The molecule has 5 nitrogen and oxygen atoms in total. The van der Waals surface area contributed by atoms with E-state index in [2.05, 4.69) is 4.98 Å². The summed E-state index contributed by atoms with van der Waals surface area (Å²) in [5.74, 6) is 0.311. The minimum Gasteiger partial charge on any atom is -0.329 e. The highest BCUT2D eigenvalue weighted by Crippen LogP contribution is 2.28. The van der Waals surface area contributed by atoms with Crippen molar-refractivity contribution in [2.75, 3.05) is 13.1 Å². The summed E-state index contributed by atoms with van der Waals surface area (Å²) in [7, 11) is -3.60. The number of hydrogen-bond acceptors (Lipinski definition) is 3. The van der Waals surface area contributed by atoms with Gasteiger partial charge in [0.15, 0.2) is 0 Å². The van der Waals surface area contributed by atoms with Gasteiger partial charge in [0.05, 0.1) is 10.9 Å². The van der Waals surface area contributed by atoms with E-state index in [1.165, 1.54) is 22.5 Å². The van der Waals surface area contributed by atoms with Gasteiger partial charge in [0.25, 0.3) is 0 Å². The van der Waals surface area contributed by atoms with Crippen molar-refractivity contribution in [1.29, 1.82) is 0 Å². The molecule has 0 bridgehead atoms. The summed E-state index contributed by atoms with van der Waals surface area (Å²) in [6.07, 6.45) is 3.53. The van der Waals surface area contributed by atoms with Gasteiger partial charge in [-0.1, -0.05) is 6.07 Å². The van der Waals surface area contributed by atoms with E-state index in [1.807, 2.05) is 17.7 Å². The van der Waals surface area contributed by atoms with Crippen molar-refractivity contribution in [3.8, 4) is 0 Å². The van der Waals surface area contributed by atoms with Crippen molar-refractivity contribution in [3.05, 3.63) is 48.3 Å². The summed E-state index contributed by atoms with van der Waals surface area (Å²) < 4.78 is 41.1. The lowest BCUT2D eigenvalue weighted by atomic mass is 10.2. The second kappa shape index (κ2) is 4.68. The normalized spacial score (nSPS) is 17.1. The SMILES string of the molecule is Cc1nccn1C1CN(S(=O)(=O)c2cccc(F)c2)C1. The Morgan fingerprint density at radius 3 is 2.70 bits per heavy atom. The molecule has 0 atom stereocenters. The largest absolute Gasteiger partial charge is 0.329 e. The van der Waals surface area contributed by atoms with Crippen molar-refractivity contribution in [3.63, 3.8) is 0 Å². The summed E-state index contributed by atoms with van der Waals surface area (Å²) in [6, 6.07) is 5.19. The van der Waals surface area contributed by atoms with Crippen LogP contribution < -0.4 is 0 Å². The van der Waals surface area contributed by atoms with E-state index >= 15 is 0 Å². The number of hydrogen-bond donors (Lipinski definition) is 0. The van der Waals surface area contributed by atoms with Gasteiger partial charge in [-0.25, -0.2) is 17.8 Å². The first-order chi connectivity index (χ1) is 9.48. The molecule has 0 saturated carbocycles. The quantitative estimate of drug-likeness (QED) is 0.864. The van der Waals surface area contributed by atoms with Crippen LogP contribution in [0.25, 0.3) is 0 Å². The fourth-order valence-electron chi connectivity index (χ4n) is 2.34. The van der Waals surface area contributed by atoms with Crippen molar-refractivity contribution in [1.82, 2.24) is 13.9 Å². The van der Waals surface area contributed by atoms with Crippen LogP contribution in [0.1, 0.15) is 11.9 Å². The molecule has 1 aliphatic rings. The van der Waals surface area contributed by atoms with Crippen LogP contribution in [0.15, 0.2) is 41.6 Å². The van der Waals surface area contributed by atoms with E-state index in [0.717, 1.165) is 11.9 Å². The Bertz CT molecular complexity index is 736. The highest BCUT2D eigenvalue weighted by Gasteiger charge is 2.38. The van der Waals surface area contributed by atoms with Crippen molar-refractivity contribution < 1.29 is 12.8 Å². The molecular weight excluding hydrogens is 281 g/mol. The lowest BCUT2D eigenvalue weighted by Gasteiger charge is -2.39. The van der Waals surface area contributed by atoms with E-state index in [4.69, 9.17) is 0 Å². The van der Waals surface area contributed by atoms with E-state index in [0.29, 0.717) is 13.1 Å². The molecule has 0 amide bonds. The van der Waals surface area contributed by atoms with Gasteiger partial charge in [-0.2, -0.15) is 4.31 Å². The van der Waals surface area contributed by atoms with Crippen LogP contribution in [-0.2, 0) is 10.0 Å². The number of nitrogens with zero attached hydrogens (tertiary/aromatic N) is 3. The second-order valence-electron chi connectivity index (χ2n) is 4.81. The molecule has 106 valence electrons. The van der Waals surface area contributed by atoms with Gasteiger partial charge in [0, 0.05) is 25.5 Å². The van der Waals surface area contributed by atoms with Gasteiger partial charge >= 0.3 is 0 Å². The minimum atomic E-state index is -3.60. The third-order valence-electron chi connectivity index (χ3n) is 3.52. The Morgan fingerprint density at radius 1 is 1.35 bits per heavy atom. The number of aromatic nitrogens is 2. The molecule has 1 aliphatic heterocycles. The maximum atomic E-state index is 13.1. The Labute approximate surface area is 116 Å². The predicted molar refractivity (Wildman–Crippen MR) is 71.2 cm³/mol. The average molecular weight is 295 g/mol. The van der Waals surface area contributed by atoms with Crippen LogP contribution in [0.5, 0.6) is 0 Å². The fraction of sp³-hybridized carbons (Fsp3) is 0.308. The Balaban J connectivity index is 1.78. The first-order valence-corrected chi connectivity index (χ1v) is 7.67. The fourth-order valence-corrected chi connectivity index (χ4v) is 3.89. The summed E-state index contributed by atoms with van der Waals surface area (Å²) >= 11 is 0. The van der Waals surface area contributed by atoms with E-state index in [-0.39, 0.29) is 10.9 Å². The van der Waals surface area contributed by atoms with Gasteiger partial charge in [-0.3, -0.25) is 0 Å². The molecule has 1 aromatic heterocycles. The van der Waals surface area contributed by atoms with Gasteiger partial charge in [-0.15, -0.1) is 0 Å². The summed E-state index contributed by atoms with van der Waals surface area (Å²) in [5, 5.41) is 0. The van der Waals surface area contributed by atoms with Crippen LogP contribution >= 0.6 is 0 Å². The molecule has 3 rings (SSSR count). The van der Waals surface area contributed by atoms with Crippen molar-refractivity contribution >= 4 is 10.0 Å². The summed E-state index contributed by atoms with van der Waals surface area (Å²) in [4.78, 5) is 4.12. The van der Waals surface area contributed by atoms with E-state index in [1.54, 1.807) is 6.20 Å². The lowest BCUT2D eigenvalue weighted by molar-refractivity contribution is 0.202. The number of halogens is 1. The number of rotatable bonds is 3. The Morgan fingerprint density at radius 2 is 2.10 bits per heavy atom. The van der Waals surface area contributed by atoms with Crippen LogP contribution in [0.3, 0.4) is 0 Å². The number of aryl methyl sites for hydroxylation is 1. The molecule has 0 spiro atoms. The monoisotopic (exact) mass is 295 g/mol. The first kappa shape index (κ1) is 13.3. The average Bonchev–Trinajstić information content (AvgIpc) is 2.74. The molecule has 1 aromatic carbocycles. The summed E-state index contributed by atoms with van der Waals surface area (Å²) in [5.41, 5.74) is 0.